The molecule has 0 aliphatic heterocycles. The molecular formula is C14H20N2O3. The van der Waals surface area contributed by atoms with E-state index in [0.29, 0.717) is 30.9 Å². The SMILES string of the molecule is CC(C)NCc1ccc([N+](=O)[O-])c(OCC2CC2)c1. The Kier molecular flexibility index (Phi) is 4.37. The van der Waals surface area contributed by atoms with Crippen molar-refractivity contribution in [2.24, 2.45) is 5.92 Å². The van der Waals surface area contributed by atoms with Gasteiger partial charge in [-0.1, -0.05) is 19.9 Å². The maximum absolute atomic E-state index is 11.0. The Morgan fingerprint density at radius 1 is 1.47 bits per heavy atom. The van der Waals surface area contributed by atoms with E-state index in [0.717, 1.165) is 5.56 Å². The standard InChI is InChI=1S/C14H20N2O3/c1-10(2)15-8-12-5-6-13(16(17)18)14(7-12)19-9-11-3-4-11/h5-7,10-11,15H,3-4,8-9H2,1-2H3. The lowest BCUT2D eigenvalue weighted by molar-refractivity contribution is -0.385. The molecule has 0 unspecified atom stereocenters. The quantitative estimate of drug-likeness (QED) is 0.607. The topological polar surface area (TPSA) is 64.4 Å². The van der Waals surface area contributed by atoms with Crippen LogP contribution in [-0.4, -0.2) is 17.6 Å². The Bertz CT molecular complexity index is 456. The summed E-state index contributed by atoms with van der Waals surface area (Å²) >= 11 is 0. The number of hydrogen-bond acceptors (Lipinski definition) is 4. The lowest BCUT2D eigenvalue weighted by Gasteiger charge is -2.10. The van der Waals surface area contributed by atoms with E-state index in [1.165, 1.54) is 18.9 Å². The predicted molar refractivity (Wildman–Crippen MR) is 73.3 cm³/mol. The first-order valence-electron chi connectivity index (χ1n) is 6.69. The second-order valence-corrected chi connectivity index (χ2v) is 5.35. The minimum absolute atomic E-state index is 0.0500. The minimum Gasteiger partial charge on any atom is -0.487 e. The van der Waals surface area contributed by atoms with Gasteiger partial charge in [-0.05, 0) is 30.4 Å². The van der Waals surface area contributed by atoms with Crippen molar-refractivity contribution in [3.63, 3.8) is 0 Å². The van der Waals surface area contributed by atoms with Gasteiger partial charge >= 0.3 is 5.69 Å². The van der Waals surface area contributed by atoms with Gasteiger partial charge in [0.1, 0.15) is 0 Å². The number of rotatable bonds is 7. The second-order valence-electron chi connectivity index (χ2n) is 5.35. The van der Waals surface area contributed by atoms with Gasteiger partial charge in [-0.25, -0.2) is 0 Å². The molecule has 2 rings (SSSR count). The van der Waals surface area contributed by atoms with Crippen LogP contribution in [0.3, 0.4) is 0 Å². The summed E-state index contributed by atoms with van der Waals surface area (Å²) in [6, 6.07) is 5.46. The van der Waals surface area contributed by atoms with E-state index in [1.807, 2.05) is 0 Å². The van der Waals surface area contributed by atoms with Crippen molar-refractivity contribution in [3.8, 4) is 5.75 Å². The molecule has 0 radical (unpaired) electrons. The molecule has 1 aliphatic rings. The third-order valence-electron chi connectivity index (χ3n) is 3.11. The largest absolute Gasteiger partial charge is 0.487 e. The maximum atomic E-state index is 11.0. The Morgan fingerprint density at radius 2 is 2.21 bits per heavy atom. The van der Waals surface area contributed by atoms with Crippen molar-refractivity contribution < 1.29 is 9.66 Å². The molecule has 0 heterocycles. The third kappa shape index (κ3) is 4.21. The highest BCUT2D eigenvalue weighted by Crippen LogP contribution is 2.33. The smallest absolute Gasteiger partial charge is 0.310 e. The molecule has 19 heavy (non-hydrogen) atoms. The first-order chi connectivity index (χ1) is 9.06. The van der Waals surface area contributed by atoms with Crippen LogP contribution in [-0.2, 0) is 6.54 Å². The predicted octanol–water partition coefficient (Wildman–Crippen LogP) is 2.88. The molecule has 1 aromatic rings. The van der Waals surface area contributed by atoms with Gasteiger partial charge in [0.25, 0.3) is 0 Å². The van der Waals surface area contributed by atoms with Gasteiger partial charge in [-0.2, -0.15) is 0 Å². The Labute approximate surface area is 113 Å². The van der Waals surface area contributed by atoms with Crippen molar-refractivity contribution in [3.05, 3.63) is 33.9 Å². The Morgan fingerprint density at radius 3 is 2.79 bits per heavy atom. The summed E-state index contributed by atoms with van der Waals surface area (Å²) in [5.41, 5.74) is 1.05. The number of nitro groups is 1. The molecule has 1 fully saturated rings. The van der Waals surface area contributed by atoms with Crippen LogP contribution in [0.5, 0.6) is 5.75 Å². The fraction of sp³-hybridized carbons (Fsp3) is 0.571. The molecule has 1 saturated carbocycles. The van der Waals surface area contributed by atoms with Gasteiger partial charge < -0.3 is 10.1 Å². The van der Waals surface area contributed by atoms with Crippen molar-refractivity contribution in [2.45, 2.75) is 39.3 Å². The number of ether oxygens (including phenoxy) is 1. The zero-order chi connectivity index (χ0) is 13.8. The summed E-state index contributed by atoms with van der Waals surface area (Å²) < 4.78 is 5.60. The molecule has 0 bridgehead atoms. The van der Waals surface area contributed by atoms with Crippen molar-refractivity contribution >= 4 is 5.69 Å². The highest BCUT2D eigenvalue weighted by Gasteiger charge is 2.24. The molecule has 0 aromatic heterocycles. The van der Waals surface area contributed by atoms with Crippen molar-refractivity contribution in [2.75, 3.05) is 6.61 Å². The number of hydrogen-bond donors (Lipinski definition) is 1. The van der Waals surface area contributed by atoms with Crippen molar-refractivity contribution in [1.82, 2.24) is 5.32 Å². The summed E-state index contributed by atoms with van der Waals surface area (Å²) in [5.74, 6) is 0.969. The van der Waals surface area contributed by atoms with Crippen LogP contribution in [0.15, 0.2) is 18.2 Å². The van der Waals surface area contributed by atoms with Crippen LogP contribution < -0.4 is 10.1 Å². The fourth-order valence-electron chi connectivity index (χ4n) is 1.75. The summed E-state index contributed by atoms with van der Waals surface area (Å²) in [4.78, 5) is 10.6. The van der Waals surface area contributed by atoms with Gasteiger partial charge in [0.15, 0.2) is 5.75 Å². The zero-order valence-electron chi connectivity index (χ0n) is 11.4. The lowest BCUT2D eigenvalue weighted by Crippen LogP contribution is -2.21. The van der Waals surface area contributed by atoms with Gasteiger partial charge in [-0.3, -0.25) is 10.1 Å². The molecule has 5 heteroatoms. The van der Waals surface area contributed by atoms with Crippen LogP contribution in [0, 0.1) is 16.0 Å². The second kappa shape index (κ2) is 6.02. The van der Waals surface area contributed by atoms with Crippen LogP contribution in [0.1, 0.15) is 32.3 Å². The first kappa shape index (κ1) is 13.8. The normalized spacial score (nSPS) is 14.7. The molecule has 1 aliphatic carbocycles. The van der Waals surface area contributed by atoms with Crippen LogP contribution in [0.2, 0.25) is 0 Å². The summed E-state index contributed by atoms with van der Waals surface area (Å²) in [6.07, 6.45) is 2.34. The monoisotopic (exact) mass is 264 g/mol. The van der Waals surface area contributed by atoms with E-state index in [-0.39, 0.29) is 10.6 Å². The van der Waals surface area contributed by atoms with Gasteiger partial charge in [0.2, 0.25) is 0 Å². The number of nitro benzene ring substituents is 1. The van der Waals surface area contributed by atoms with E-state index in [1.54, 1.807) is 12.1 Å². The van der Waals surface area contributed by atoms with Gasteiger partial charge in [0, 0.05) is 18.7 Å². The zero-order valence-corrected chi connectivity index (χ0v) is 11.4. The highest BCUT2D eigenvalue weighted by atomic mass is 16.6. The number of benzene rings is 1. The fourth-order valence-corrected chi connectivity index (χ4v) is 1.75. The van der Waals surface area contributed by atoms with Crippen LogP contribution >= 0.6 is 0 Å². The molecule has 0 spiro atoms. The summed E-state index contributed by atoms with van der Waals surface area (Å²) in [7, 11) is 0. The molecule has 1 aromatic carbocycles. The first-order valence-corrected chi connectivity index (χ1v) is 6.69. The van der Waals surface area contributed by atoms with E-state index < -0.39 is 0 Å². The van der Waals surface area contributed by atoms with E-state index in [2.05, 4.69) is 19.2 Å². The van der Waals surface area contributed by atoms with E-state index in [9.17, 15) is 10.1 Å². The maximum Gasteiger partial charge on any atom is 0.310 e. The summed E-state index contributed by atoms with van der Waals surface area (Å²) in [5, 5.41) is 14.3. The molecule has 0 atom stereocenters. The average Bonchev–Trinajstić information content (AvgIpc) is 3.17. The number of nitrogens with zero attached hydrogens (tertiary/aromatic N) is 1. The summed E-state index contributed by atoms with van der Waals surface area (Å²) in [6.45, 7) is 5.41. The lowest BCUT2D eigenvalue weighted by atomic mass is 10.2. The number of nitrogens with one attached hydrogen (secondary N) is 1. The Balaban J connectivity index is 2.08. The molecule has 0 saturated heterocycles. The molecule has 0 amide bonds. The third-order valence-corrected chi connectivity index (χ3v) is 3.11. The highest BCUT2D eigenvalue weighted by molar-refractivity contribution is 5.48. The van der Waals surface area contributed by atoms with Crippen LogP contribution in [0.25, 0.3) is 0 Å². The van der Waals surface area contributed by atoms with Gasteiger partial charge in [0.05, 0.1) is 11.5 Å². The molecule has 104 valence electrons. The van der Waals surface area contributed by atoms with Crippen molar-refractivity contribution in [1.29, 1.82) is 0 Å². The van der Waals surface area contributed by atoms with Gasteiger partial charge in [-0.15, -0.1) is 0 Å². The Hall–Kier alpha value is -1.62. The molecular weight excluding hydrogens is 244 g/mol. The van der Waals surface area contributed by atoms with E-state index in [4.69, 9.17) is 4.74 Å². The molecule has 1 N–H and O–H groups in total. The van der Waals surface area contributed by atoms with Crippen LogP contribution in [0.4, 0.5) is 5.69 Å². The van der Waals surface area contributed by atoms with E-state index >= 15 is 0 Å². The average molecular weight is 264 g/mol. The minimum atomic E-state index is -0.387. The molecule has 5 nitrogen and oxygen atoms in total.